The van der Waals surface area contributed by atoms with Crippen molar-refractivity contribution in [1.82, 2.24) is 34.4 Å². The summed E-state index contributed by atoms with van der Waals surface area (Å²) in [7, 11) is 1.94. The van der Waals surface area contributed by atoms with E-state index in [-0.39, 0.29) is 18.1 Å². The molecule has 1 unspecified atom stereocenters. The van der Waals surface area contributed by atoms with Crippen molar-refractivity contribution < 1.29 is 9.53 Å². The van der Waals surface area contributed by atoms with Gasteiger partial charge in [0.1, 0.15) is 6.10 Å². The Labute approximate surface area is 179 Å². The van der Waals surface area contributed by atoms with Crippen LogP contribution < -0.4 is 4.74 Å². The highest BCUT2D eigenvalue weighted by atomic mass is 16.5. The fourth-order valence-corrected chi connectivity index (χ4v) is 4.06. The van der Waals surface area contributed by atoms with E-state index in [1.165, 1.54) is 4.80 Å². The molecule has 0 radical (unpaired) electrons. The van der Waals surface area contributed by atoms with Crippen LogP contribution >= 0.6 is 0 Å². The van der Waals surface area contributed by atoms with Gasteiger partial charge < -0.3 is 14.2 Å². The molecule has 1 aromatic carbocycles. The van der Waals surface area contributed by atoms with Gasteiger partial charge in [0, 0.05) is 19.3 Å². The second kappa shape index (κ2) is 7.82. The minimum Gasteiger partial charge on any atom is -0.471 e. The summed E-state index contributed by atoms with van der Waals surface area (Å²) in [5.74, 6) is 0.448. The first kappa shape index (κ1) is 19.2. The molecule has 0 N–H and O–H groups in total. The monoisotopic (exact) mass is 417 g/mol. The maximum absolute atomic E-state index is 13.5. The number of hydrogen-bond acceptors (Lipinski definition) is 6. The van der Waals surface area contributed by atoms with Crippen molar-refractivity contribution in [3.8, 4) is 11.6 Å². The molecule has 3 aromatic heterocycles. The summed E-state index contributed by atoms with van der Waals surface area (Å²) in [6.07, 6.45) is 8.20. The molecule has 1 aliphatic rings. The molecule has 1 amide bonds. The predicted octanol–water partition coefficient (Wildman–Crippen LogP) is 2.62. The third kappa shape index (κ3) is 3.52. The molecule has 0 spiro atoms. The highest BCUT2D eigenvalue weighted by Gasteiger charge is 2.32. The van der Waals surface area contributed by atoms with E-state index < -0.39 is 0 Å². The van der Waals surface area contributed by atoms with Crippen LogP contribution in [0.1, 0.15) is 30.1 Å². The number of nitrogens with zero attached hydrogens (tertiary/aromatic N) is 7. The number of benzene rings is 1. The van der Waals surface area contributed by atoms with Gasteiger partial charge in [-0.1, -0.05) is 12.1 Å². The van der Waals surface area contributed by atoms with E-state index in [4.69, 9.17) is 4.74 Å². The van der Waals surface area contributed by atoms with Gasteiger partial charge in [0.15, 0.2) is 5.52 Å². The van der Waals surface area contributed by atoms with Crippen molar-refractivity contribution in [1.29, 1.82) is 0 Å². The summed E-state index contributed by atoms with van der Waals surface area (Å²) in [6, 6.07) is 9.41. The molecular weight excluding hydrogens is 394 g/mol. The number of amides is 1. The lowest BCUT2D eigenvalue weighted by Gasteiger charge is -2.38. The number of hydrogen-bond donors (Lipinski definition) is 0. The fourth-order valence-electron chi connectivity index (χ4n) is 4.06. The number of fused-ring (bicyclic) bond motifs is 1. The van der Waals surface area contributed by atoms with Gasteiger partial charge in [0.25, 0.3) is 5.91 Å². The first-order valence-corrected chi connectivity index (χ1v) is 10.3. The summed E-state index contributed by atoms with van der Waals surface area (Å²) >= 11 is 0. The second-order valence-electron chi connectivity index (χ2n) is 7.80. The van der Waals surface area contributed by atoms with E-state index in [1.807, 2.05) is 46.8 Å². The second-order valence-corrected chi connectivity index (χ2v) is 7.80. The van der Waals surface area contributed by atoms with Crippen molar-refractivity contribution in [2.75, 3.05) is 6.54 Å². The molecule has 9 heteroatoms. The molecule has 1 fully saturated rings. The van der Waals surface area contributed by atoms with E-state index in [0.717, 1.165) is 23.9 Å². The summed E-state index contributed by atoms with van der Waals surface area (Å²) in [5.41, 5.74) is 2.92. The zero-order valence-electron chi connectivity index (χ0n) is 17.4. The molecule has 1 aliphatic heterocycles. The number of likely N-dealkylation sites (tertiary alicyclic amines) is 1. The van der Waals surface area contributed by atoms with Crippen LogP contribution in [0.3, 0.4) is 0 Å². The average molecular weight is 417 g/mol. The third-order valence-electron chi connectivity index (χ3n) is 5.76. The number of pyridine rings is 1. The number of aromatic nitrogens is 6. The van der Waals surface area contributed by atoms with Crippen LogP contribution in [0, 0.1) is 0 Å². The Balaban J connectivity index is 1.40. The summed E-state index contributed by atoms with van der Waals surface area (Å²) in [4.78, 5) is 25.7. The number of aryl methyl sites for hydroxylation is 1. The van der Waals surface area contributed by atoms with Crippen molar-refractivity contribution in [2.45, 2.75) is 31.9 Å². The van der Waals surface area contributed by atoms with Gasteiger partial charge >= 0.3 is 0 Å². The minimum atomic E-state index is -0.157. The van der Waals surface area contributed by atoms with Gasteiger partial charge in [-0.25, -0.2) is 9.97 Å². The van der Waals surface area contributed by atoms with Gasteiger partial charge in [-0.15, -0.1) is 0 Å². The normalized spacial score (nSPS) is 19.0. The van der Waals surface area contributed by atoms with Crippen LogP contribution in [0.5, 0.6) is 5.88 Å². The fraction of sp³-hybridized carbons (Fsp3) is 0.318. The molecule has 9 nitrogen and oxygen atoms in total. The van der Waals surface area contributed by atoms with Gasteiger partial charge in [0.05, 0.1) is 42.0 Å². The Morgan fingerprint density at radius 2 is 1.87 bits per heavy atom. The lowest BCUT2D eigenvalue weighted by molar-refractivity contribution is 0.0376. The van der Waals surface area contributed by atoms with Crippen molar-refractivity contribution in [3.63, 3.8) is 0 Å². The van der Waals surface area contributed by atoms with E-state index in [1.54, 1.807) is 24.9 Å². The standard InChI is InChI=1S/C22H23N7O2/c1-15-7-8-16(31-21-20-19(9-10-23-21)27(2)14-24-20)13-28(15)22(30)17-5-3-4-6-18(17)29-25-11-12-26-29/h3-6,9-12,14-16H,7-8,13H2,1-2H3/t15-,16?/m1/s1. The quantitative estimate of drug-likeness (QED) is 0.507. The lowest BCUT2D eigenvalue weighted by Crippen LogP contribution is -2.49. The zero-order valence-corrected chi connectivity index (χ0v) is 17.4. The van der Waals surface area contributed by atoms with Gasteiger partial charge in [-0.05, 0) is 38.0 Å². The van der Waals surface area contributed by atoms with Crippen molar-refractivity contribution in [2.24, 2.45) is 7.05 Å². The largest absolute Gasteiger partial charge is 0.471 e. The summed E-state index contributed by atoms with van der Waals surface area (Å²) in [6.45, 7) is 2.55. The highest BCUT2D eigenvalue weighted by Crippen LogP contribution is 2.27. The Morgan fingerprint density at radius 1 is 1.06 bits per heavy atom. The molecule has 158 valence electrons. The Morgan fingerprint density at radius 3 is 2.71 bits per heavy atom. The van der Waals surface area contributed by atoms with Crippen molar-refractivity contribution >= 4 is 16.9 Å². The van der Waals surface area contributed by atoms with E-state index in [9.17, 15) is 4.79 Å². The number of rotatable bonds is 4. The molecule has 0 bridgehead atoms. The van der Waals surface area contributed by atoms with Crippen LogP contribution in [0.4, 0.5) is 0 Å². The number of carbonyl (C=O) groups is 1. The first-order chi connectivity index (χ1) is 15.1. The van der Waals surface area contributed by atoms with Crippen LogP contribution in [0.2, 0.25) is 0 Å². The minimum absolute atomic E-state index is 0.0577. The molecule has 5 rings (SSSR count). The third-order valence-corrected chi connectivity index (χ3v) is 5.76. The number of piperidine rings is 1. The summed E-state index contributed by atoms with van der Waals surface area (Å²) in [5, 5.41) is 8.38. The van der Waals surface area contributed by atoms with Crippen LogP contribution in [-0.2, 0) is 7.05 Å². The first-order valence-electron chi connectivity index (χ1n) is 10.3. The van der Waals surface area contributed by atoms with Gasteiger partial charge in [0.2, 0.25) is 5.88 Å². The van der Waals surface area contributed by atoms with E-state index >= 15 is 0 Å². The van der Waals surface area contributed by atoms with Gasteiger partial charge in [-0.3, -0.25) is 4.79 Å². The Hall–Kier alpha value is -3.75. The summed E-state index contributed by atoms with van der Waals surface area (Å²) < 4.78 is 8.17. The lowest BCUT2D eigenvalue weighted by atomic mass is 9.99. The number of imidazole rings is 1. The smallest absolute Gasteiger partial charge is 0.256 e. The van der Waals surface area contributed by atoms with E-state index in [0.29, 0.717) is 23.7 Å². The van der Waals surface area contributed by atoms with Crippen LogP contribution in [0.25, 0.3) is 16.7 Å². The van der Waals surface area contributed by atoms with Crippen LogP contribution in [-0.4, -0.2) is 59.0 Å². The van der Waals surface area contributed by atoms with Crippen molar-refractivity contribution in [3.05, 3.63) is 60.8 Å². The van der Waals surface area contributed by atoms with Gasteiger partial charge in [-0.2, -0.15) is 15.0 Å². The topological polar surface area (TPSA) is 91.0 Å². The average Bonchev–Trinajstić information content (AvgIpc) is 3.46. The number of carbonyl (C=O) groups excluding carboxylic acids is 1. The Bertz CT molecular complexity index is 1220. The molecule has 0 saturated carbocycles. The molecular formula is C22H23N7O2. The SMILES string of the molecule is C[C@@H]1CCC(Oc2nccc3c2ncn3C)CN1C(=O)c1ccccc1-n1nccn1. The zero-order chi connectivity index (χ0) is 21.4. The molecule has 31 heavy (non-hydrogen) atoms. The highest BCUT2D eigenvalue weighted by molar-refractivity contribution is 5.98. The number of para-hydroxylation sites is 1. The maximum atomic E-state index is 13.5. The molecule has 2 atom stereocenters. The predicted molar refractivity (Wildman–Crippen MR) is 114 cm³/mol. The van der Waals surface area contributed by atoms with Crippen LogP contribution in [0.15, 0.2) is 55.2 Å². The van der Waals surface area contributed by atoms with E-state index in [2.05, 4.69) is 27.1 Å². The molecule has 4 aromatic rings. The number of ether oxygens (including phenoxy) is 1. The molecule has 4 heterocycles. The maximum Gasteiger partial charge on any atom is 0.256 e. The molecule has 0 aliphatic carbocycles. The Kier molecular flexibility index (Phi) is 4.85. The molecule has 1 saturated heterocycles.